The number of ether oxygens (including phenoxy) is 1. The van der Waals surface area contributed by atoms with Gasteiger partial charge in [-0.05, 0) is 13.8 Å². The fourth-order valence-corrected chi connectivity index (χ4v) is 1.18. The van der Waals surface area contributed by atoms with Crippen LogP contribution in [-0.4, -0.2) is 16.1 Å². The SMILES string of the molecule is CC#C[C@H](C)Oc1cnc(C(C)(C)C)cn1. The van der Waals surface area contributed by atoms with E-state index in [1.165, 1.54) is 0 Å². The highest BCUT2D eigenvalue weighted by molar-refractivity contribution is 5.15. The minimum absolute atomic E-state index is 0.0143. The van der Waals surface area contributed by atoms with Crippen molar-refractivity contribution in [1.82, 2.24) is 9.97 Å². The molecular weight excluding hydrogens is 200 g/mol. The molecule has 1 heterocycles. The van der Waals surface area contributed by atoms with E-state index in [2.05, 4.69) is 42.6 Å². The summed E-state index contributed by atoms with van der Waals surface area (Å²) < 4.78 is 5.48. The number of aromatic nitrogens is 2. The largest absolute Gasteiger partial charge is 0.460 e. The molecule has 0 aromatic carbocycles. The zero-order valence-corrected chi connectivity index (χ0v) is 10.5. The molecule has 1 atom stereocenters. The summed E-state index contributed by atoms with van der Waals surface area (Å²) in [5.74, 6) is 6.22. The Morgan fingerprint density at radius 2 is 1.94 bits per heavy atom. The molecule has 0 aliphatic rings. The minimum atomic E-state index is -0.153. The lowest BCUT2D eigenvalue weighted by atomic mass is 9.93. The van der Waals surface area contributed by atoms with Crippen LogP contribution in [0.1, 0.15) is 40.3 Å². The summed E-state index contributed by atoms with van der Waals surface area (Å²) in [5, 5.41) is 0. The van der Waals surface area contributed by atoms with Gasteiger partial charge in [-0.2, -0.15) is 0 Å². The molecule has 3 heteroatoms. The average molecular weight is 218 g/mol. The van der Waals surface area contributed by atoms with Crippen molar-refractivity contribution in [2.45, 2.75) is 46.1 Å². The van der Waals surface area contributed by atoms with Gasteiger partial charge in [0.2, 0.25) is 5.88 Å². The van der Waals surface area contributed by atoms with E-state index in [0.29, 0.717) is 5.88 Å². The molecule has 0 unspecified atom stereocenters. The predicted octanol–water partition coefficient (Wildman–Crippen LogP) is 2.56. The van der Waals surface area contributed by atoms with E-state index in [1.54, 1.807) is 19.3 Å². The lowest BCUT2D eigenvalue weighted by molar-refractivity contribution is 0.266. The Hall–Kier alpha value is -1.56. The molecule has 0 saturated carbocycles. The highest BCUT2D eigenvalue weighted by Gasteiger charge is 2.15. The molecule has 0 spiro atoms. The second kappa shape index (κ2) is 4.98. The van der Waals surface area contributed by atoms with Gasteiger partial charge in [0, 0.05) is 5.41 Å². The van der Waals surface area contributed by atoms with Crippen LogP contribution in [-0.2, 0) is 5.41 Å². The van der Waals surface area contributed by atoms with Crippen LogP contribution < -0.4 is 4.74 Å². The Balaban J connectivity index is 2.75. The van der Waals surface area contributed by atoms with Crippen molar-refractivity contribution in [3.05, 3.63) is 18.1 Å². The van der Waals surface area contributed by atoms with Gasteiger partial charge in [-0.15, -0.1) is 5.92 Å². The molecule has 3 nitrogen and oxygen atoms in total. The molecule has 0 N–H and O–H groups in total. The third-order valence-electron chi connectivity index (χ3n) is 2.04. The quantitative estimate of drug-likeness (QED) is 0.716. The second-order valence-electron chi connectivity index (χ2n) is 4.64. The maximum atomic E-state index is 5.48. The van der Waals surface area contributed by atoms with Crippen molar-refractivity contribution in [2.24, 2.45) is 0 Å². The van der Waals surface area contributed by atoms with E-state index in [0.717, 1.165) is 5.69 Å². The van der Waals surface area contributed by atoms with Crippen LogP contribution in [0.4, 0.5) is 0 Å². The van der Waals surface area contributed by atoms with Gasteiger partial charge >= 0.3 is 0 Å². The maximum absolute atomic E-state index is 5.48. The second-order valence-corrected chi connectivity index (χ2v) is 4.64. The van der Waals surface area contributed by atoms with Gasteiger partial charge in [-0.1, -0.05) is 26.7 Å². The van der Waals surface area contributed by atoms with Crippen LogP contribution in [0, 0.1) is 11.8 Å². The van der Waals surface area contributed by atoms with Crippen LogP contribution in [0.2, 0.25) is 0 Å². The molecule has 86 valence electrons. The normalized spacial score (nSPS) is 12.6. The summed E-state index contributed by atoms with van der Waals surface area (Å²) >= 11 is 0. The number of hydrogen-bond donors (Lipinski definition) is 0. The van der Waals surface area contributed by atoms with Crippen LogP contribution in [0.25, 0.3) is 0 Å². The van der Waals surface area contributed by atoms with E-state index in [-0.39, 0.29) is 11.5 Å². The van der Waals surface area contributed by atoms with Gasteiger partial charge in [-0.25, -0.2) is 4.98 Å². The van der Waals surface area contributed by atoms with Crippen LogP contribution in [0.5, 0.6) is 5.88 Å². The smallest absolute Gasteiger partial charge is 0.233 e. The first kappa shape index (κ1) is 12.5. The van der Waals surface area contributed by atoms with Crippen molar-refractivity contribution in [2.75, 3.05) is 0 Å². The monoisotopic (exact) mass is 218 g/mol. The molecule has 0 amide bonds. The molecule has 1 aromatic rings. The molecule has 0 radical (unpaired) electrons. The topological polar surface area (TPSA) is 35.0 Å². The first-order valence-electron chi connectivity index (χ1n) is 5.35. The van der Waals surface area contributed by atoms with Crippen molar-refractivity contribution in [1.29, 1.82) is 0 Å². The van der Waals surface area contributed by atoms with Crippen LogP contribution >= 0.6 is 0 Å². The van der Waals surface area contributed by atoms with Crippen LogP contribution in [0.15, 0.2) is 12.4 Å². The van der Waals surface area contributed by atoms with Gasteiger partial charge in [0.15, 0.2) is 6.10 Å². The van der Waals surface area contributed by atoms with Crippen LogP contribution in [0.3, 0.4) is 0 Å². The Morgan fingerprint density at radius 3 is 2.38 bits per heavy atom. The van der Waals surface area contributed by atoms with Gasteiger partial charge in [-0.3, -0.25) is 4.98 Å². The summed E-state index contributed by atoms with van der Waals surface area (Å²) in [7, 11) is 0. The summed E-state index contributed by atoms with van der Waals surface area (Å²) in [5.41, 5.74) is 0.967. The third-order valence-corrected chi connectivity index (χ3v) is 2.04. The number of hydrogen-bond acceptors (Lipinski definition) is 3. The van der Waals surface area contributed by atoms with E-state index >= 15 is 0 Å². The molecule has 0 fully saturated rings. The first-order valence-corrected chi connectivity index (χ1v) is 5.35. The molecule has 0 aliphatic heterocycles. The maximum Gasteiger partial charge on any atom is 0.233 e. The lowest BCUT2D eigenvalue weighted by Crippen LogP contribution is -2.15. The highest BCUT2D eigenvalue weighted by Crippen LogP contribution is 2.19. The molecular formula is C13H18N2O. The predicted molar refractivity (Wildman–Crippen MR) is 64.3 cm³/mol. The Morgan fingerprint density at radius 1 is 1.25 bits per heavy atom. The van der Waals surface area contributed by atoms with Gasteiger partial charge in [0.25, 0.3) is 0 Å². The van der Waals surface area contributed by atoms with Crippen molar-refractivity contribution >= 4 is 0 Å². The van der Waals surface area contributed by atoms with E-state index in [4.69, 9.17) is 4.74 Å². The molecule has 0 saturated heterocycles. The Bertz CT molecular complexity index is 393. The Labute approximate surface area is 97.3 Å². The average Bonchev–Trinajstić information content (AvgIpc) is 2.17. The van der Waals surface area contributed by atoms with Gasteiger partial charge in [0.1, 0.15) is 0 Å². The minimum Gasteiger partial charge on any atom is -0.460 e. The van der Waals surface area contributed by atoms with E-state index in [1.807, 2.05) is 6.92 Å². The molecule has 16 heavy (non-hydrogen) atoms. The number of nitrogens with zero attached hydrogens (tertiary/aromatic N) is 2. The van der Waals surface area contributed by atoms with E-state index in [9.17, 15) is 0 Å². The fourth-order valence-electron chi connectivity index (χ4n) is 1.18. The van der Waals surface area contributed by atoms with Gasteiger partial charge in [0.05, 0.1) is 18.1 Å². The van der Waals surface area contributed by atoms with Crippen molar-refractivity contribution in [3.8, 4) is 17.7 Å². The Kier molecular flexibility index (Phi) is 3.89. The first-order chi connectivity index (χ1) is 7.43. The lowest BCUT2D eigenvalue weighted by Gasteiger charge is -2.17. The fraction of sp³-hybridized carbons (Fsp3) is 0.538. The molecule has 0 aliphatic carbocycles. The van der Waals surface area contributed by atoms with Crippen molar-refractivity contribution < 1.29 is 4.74 Å². The van der Waals surface area contributed by atoms with Crippen molar-refractivity contribution in [3.63, 3.8) is 0 Å². The highest BCUT2D eigenvalue weighted by atomic mass is 16.5. The van der Waals surface area contributed by atoms with E-state index < -0.39 is 0 Å². The molecule has 0 bridgehead atoms. The molecule has 1 rings (SSSR count). The summed E-state index contributed by atoms with van der Waals surface area (Å²) in [6.07, 6.45) is 3.25. The zero-order chi connectivity index (χ0) is 12.2. The van der Waals surface area contributed by atoms with Gasteiger partial charge < -0.3 is 4.74 Å². The summed E-state index contributed by atoms with van der Waals surface area (Å²) in [4.78, 5) is 8.54. The number of rotatable bonds is 2. The standard InChI is InChI=1S/C13H18N2O/c1-6-7-10(2)16-12-9-14-11(8-15-12)13(3,4)5/h8-10H,1-5H3/t10-/m0/s1. The third kappa shape index (κ3) is 3.54. The zero-order valence-electron chi connectivity index (χ0n) is 10.5. The summed E-state index contributed by atoms with van der Waals surface area (Å²) in [6.45, 7) is 9.97. The summed E-state index contributed by atoms with van der Waals surface area (Å²) in [6, 6.07) is 0. The molecule has 1 aromatic heterocycles.